The van der Waals surface area contributed by atoms with Crippen molar-refractivity contribution in [2.45, 2.75) is 38.5 Å². The highest BCUT2D eigenvalue weighted by Crippen LogP contribution is 2.20. The van der Waals surface area contributed by atoms with Crippen LogP contribution in [-0.4, -0.2) is 25.5 Å². The maximum Gasteiger partial charge on any atom is 0.225 e. The number of thiophene rings is 1. The molecule has 0 radical (unpaired) electrons. The predicted octanol–water partition coefficient (Wildman–Crippen LogP) is 4.03. The average molecular weight is 343 g/mol. The lowest BCUT2D eigenvalue weighted by atomic mass is 10.1. The van der Waals surface area contributed by atoms with Crippen LogP contribution in [-0.2, 0) is 17.6 Å². The molecule has 1 saturated heterocycles. The first-order chi connectivity index (χ1) is 11.8. The molecule has 1 aliphatic rings. The highest BCUT2D eigenvalue weighted by atomic mass is 32.1. The topological polar surface area (TPSA) is 32.3 Å². The Morgan fingerprint density at radius 1 is 1.04 bits per heavy atom. The first-order valence-electron chi connectivity index (χ1n) is 8.94. The van der Waals surface area contributed by atoms with Crippen molar-refractivity contribution in [3.63, 3.8) is 0 Å². The first kappa shape index (κ1) is 17.0. The van der Waals surface area contributed by atoms with Crippen molar-refractivity contribution in [1.82, 2.24) is 5.32 Å². The Morgan fingerprint density at radius 2 is 1.79 bits per heavy atom. The average Bonchev–Trinajstić information content (AvgIpc) is 2.95. The summed E-state index contributed by atoms with van der Waals surface area (Å²) in [7, 11) is 0. The normalized spacial score (nSPS) is 15.1. The zero-order valence-corrected chi connectivity index (χ0v) is 15.0. The molecular formula is C20H26N2OS. The fourth-order valence-corrected chi connectivity index (χ4v) is 3.89. The summed E-state index contributed by atoms with van der Waals surface area (Å²) in [6, 6.07) is 12.9. The van der Waals surface area contributed by atoms with Gasteiger partial charge in [-0.15, -0.1) is 11.3 Å². The monoisotopic (exact) mass is 342 g/mol. The van der Waals surface area contributed by atoms with E-state index in [2.05, 4.69) is 34.5 Å². The van der Waals surface area contributed by atoms with Crippen LogP contribution in [0, 0.1) is 0 Å². The Kier molecular flexibility index (Phi) is 6.30. The molecule has 3 nitrogen and oxygen atoms in total. The number of benzene rings is 1. The predicted molar refractivity (Wildman–Crippen MR) is 102 cm³/mol. The summed E-state index contributed by atoms with van der Waals surface area (Å²) in [6.45, 7) is 3.06. The van der Waals surface area contributed by atoms with E-state index in [0.717, 1.165) is 11.3 Å². The van der Waals surface area contributed by atoms with E-state index in [1.54, 1.807) is 11.3 Å². The third kappa shape index (κ3) is 5.10. The van der Waals surface area contributed by atoms with Crippen molar-refractivity contribution in [3.8, 4) is 0 Å². The minimum absolute atomic E-state index is 0.110. The number of nitrogens with zero attached hydrogens (tertiary/aromatic N) is 1. The van der Waals surface area contributed by atoms with Gasteiger partial charge < -0.3 is 10.2 Å². The van der Waals surface area contributed by atoms with Gasteiger partial charge in [0, 0.05) is 30.2 Å². The number of anilines is 1. The van der Waals surface area contributed by atoms with Gasteiger partial charge in [-0.05, 0) is 48.4 Å². The van der Waals surface area contributed by atoms with Gasteiger partial charge in [0.1, 0.15) is 0 Å². The maximum absolute atomic E-state index is 11.9. The fourth-order valence-electron chi connectivity index (χ4n) is 3.18. The van der Waals surface area contributed by atoms with Gasteiger partial charge >= 0.3 is 0 Å². The highest BCUT2D eigenvalue weighted by molar-refractivity contribution is 7.10. The molecular weight excluding hydrogens is 316 g/mol. The zero-order chi connectivity index (χ0) is 16.6. The first-order valence-corrected chi connectivity index (χ1v) is 9.82. The number of carbonyl (C=O) groups excluding carboxylic acids is 1. The van der Waals surface area contributed by atoms with Crippen LogP contribution in [0.5, 0.6) is 0 Å². The number of rotatable bonds is 6. The second-order valence-corrected chi connectivity index (χ2v) is 7.46. The van der Waals surface area contributed by atoms with E-state index in [9.17, 15) is 4.79 Å². The van der Waals surface area contributed by atoms with E-state index in [-0.39, 0.29) is 5.91 Å². The number of carbonyl (C=O) groups is 1. The molecule has 1 aromatic heterocycles. The molecule has 0 spiro atoms. The van der Waals surface area contributed by atoms with Crippen molar-refractivity contribution in [3.05, 3.63) is 52.2 Å². The van der Waals surface area contributed by atoms with Crippen LogP contribution in [0.1, 0.15) is 36.1 Å². The minimum atomic E-state index is 0.110. The van der Waals surface area contributed by atoms with Gasteiger partial charge in [-0.25, -0.2) is 0 Å². The molecule has 2 aromatic rings. The van der Waals surface area contributed by atoms with E-state index in [1.807, 2.05) is 17.5 Å². The van der Waals surface area contributed by atoms with Crippen LogP contribution in [0.3, 0.4) is 0 Å². The Morgan fingerprint density at radius 3 is 2.46 bits per heavy atom. The molecule has 1 N–H and O–H groups in total. The SMILES string of the molecule is O=C(Cc1cccs1)NCCc1ccc(N2CCCCCC2)cc1. The van der Waals surface area contributed by atoms with Crippen molar-refractivity contribution in [2.75, 3.05) is 24.5 Å². The molecule has 4 heteroatoms. The van der Waals surface area contributed by atoms with Crippen LogP contribution in [0.2, 0.25) is 0 Å². The lowest BCUT2D eigenvalue weighted by Crippen LogP contribution is -2.27. The van der Waals surface area contributed by atoms with E-state index < -0.39 is 0 Å². The number of nitrogens with one attached hydrogen (secondary N) is 1. The van der Waals surface area contributed by atoms with E-state index in [1.165, 1.54) is 50.0 Å². The third-order valence-corrected chi connectivity index (χ3v) is 5.43. The summed E-state index contributed by atoms with van der Waals surface area (Å²) < 4.78 is 0. The number of hydrogen-bond acceptors (Lipinski definition) is 3. The highest BCUT2D eigenvalue weighted by Gasteiger charge is 2.09. The summed E-state index contributed by atoms with van der Waals surface area (Å²) in [5, 5.41) is 5.02. The minimum Gasteiger partial charge on any atom is -0.372 e. The molecule has 3 rings (SSSR count). The summed E-state index contributed by atoms with van der Waals surface area (Å²) >= 11 is 1.63. The molecule has 0 aliphatic carbocycles. The molecule has 128 valence electrons. The van der Waals surface area contributed by atoms with Crippen LogP contribution >= 0.6 is 11.3 Å². The summed E-state index contributed by atoms with van der Waals surface area (Å²) in [6.07, 6.45) is 6.71. The van der Waals surface area contributed by atoms with Crippen LogP contribution in [0.25, 0.3) is 0 Å². The van der Waals surface area contributed by atoms with Crippen molar-refractivity contribution in [2.24, 2.45) is 0 Å². The maximum atomic E-state index is 11.9. The van der Waals surface area contributed by atoms with Gasteiger partial charge in [0.2, 0.25) is 5.91 Å². The standard InChI is InChI=1S/C20H26N2OS/c23-20(16-19-6-5-15-24-19)21-12-11-17-7-9-18(10-8-17)22-13-3-1-2-4-14-22/h5-10,15H,1-4,11-14,16H2,(H,21,23). The van der Waals surface area contributed by atoms with Crippen LogP contribution in [0.4, 0.5) is 5.69 Å². The lowest BCUT2D eigenvalue weighted by Gasteiger charge is -2.22. The van der Waals surface area contributed by atoms with Crippen molar-refractivity contribution < 1.29 is 4.79 Å². The molecule has 0 unspecified atom stereocenters. The van der Waals surface area contributed by atoms with Gasteiger partial charge in [-0.2, -0.15) is 0 Å². The molecule has 2 heterocycles. The smallest absolute Gasteiger partial charge is 0.225 e. The Balaban J connectivity index is 1.43. The molecule has 0 bridgehead atoms. The molecule has 1 aromatic carbocycles. The third-order valence-electron chi connectivity index (χ3n) is 4.56. The Labute approximate surface area is 148 Å². The van der Waals surface area contributed by atoms with Gasteiger partial charge in [0.15, 0.2) is 0 Å². The second kappa shape index (κ2) is 8.88. The molecule has 1 amide bonds. The molecule has 24 heavy (non-hydrogen) atoms. The van der Waals surface area contributed by atoms with E-state index >= 15 is 0 Å². The molecule has 0 saturated carbocycles. The van der Waals surface area contributed by atoms with E-state index in [0.29, 0.717) is 13.0 Å². The van der Waals surface area contributed by atoms with Crippen molar-refractivity contribution >= 4 is 22.9 Å². The quantitative estimate of drug-likeness (QED) is 0.859. The summed E-state index contributed by atoms with van der Waals surface area (Å²) in [5.74, 6) is 0.110. The lowest BCUT2D eigenvalue weighted by molar-refractivity contribution is -0.120. The van der Waals surface area contributed by atoms with Gasteiger partial charge in [-0.3, -0.25) is 4.79 Å². The molecule has 1 fully saturated rings. The van der Waals surface area contributed by atoms with Crippen LogP contribution in [0.15, 0.2) is 41.8 Å². The Hall–Kier alpha value is -1.81. The van der Waals surface area contributed by atoms with Gasteiger partial charge in [0.25, 0.3) is 0 Å². The van der Waals surface area contributed by atoms with Crippen molar-refractivity contribution in [1.29, 1.82) is 0 Å². The van der Waals surface area contributed by atoms with Gasteiger partial charge in [-0.1, -0.05) is 31.0 Å². The number of hydrogen-bond donors (Lipinski definition) is 1. The zero-order valence-electron chi connectivity index (χ0n) is 14.2. The fraction of sp³-hybridized carbons (Fsp3) is 0.450. The molecule has 1 aliphatic heterocycles. The van der Waals surface area contributed by atoms with E-state index in [4.69, 9.17) is 0 Å². The van der Waals surface area contributed by atoms with Crippen LogP contribution < -0.4 is 10.2 Å². The van der Waals surface area contributed by atoms with Gasteiger partial charge in [0.05, 0.1) is 6.42 Å². The Bertz CT molecular complexity index is 614. The summed E-state index contributed by atoms with van der Waals surface area (Å²) in [5.41, 5.74) is 2.62. The molecule has 0 atom stereocenters. The largest absolute Gasteiger partial charge is 0.372 e. The second-order valence-electron chi connectivity index (χ2n) is 6.42. The summed E-state index contributed by atoms with van der Waals surface area (Å²) in [4.78, 5) is 15.5. The number of amides is 1.